The van der Waals surface area contributed by atoms with Gasteiger partial charge in [0.2, 0.25) is 0 Å². The van der Waals surface area contributed by atoms with Crippen LogP contribution in [0, 0.1) is 0 Å². The molecule has 0 aliphatic heterocycles. The molecule has 1 atom stereocenters. The van der Waals surface area contributed by atoms with Crippen LogP contribution in [0.25, 0.3) is 0 Å². The van der Waals surface area contributed by atoms with E-state index < -0.39 is 0 Å². The van der Waals surface area contributed by atoms with Crippen molar-refractivity contribution in [2.24, 2.45) is 5.73 Å². The molecule has 0 fully saturated rings. The normalized spacial score (nSPS) is 12.8. The van der Waals surface area contributed by atoms with Crippen LogP contribution in [0.15, 0.2) is 29.2 Å². The predicted octanol–water partition coefficient (Wildman–Crippen LogP) is 2.27. The van der Waals surface area contributed by atoms with Crippen molar-refractivity contribution in [1.29, 1.82) is 0 Å². The highest BCUT2D eigenvalue weighted by atomic mass is 32.2. The third kappa shape index (κ3) is 3.70. The van der Waals surface area contributed by atoms with Gasteiger partial charge in [-0.2, -0.15) is 0 Å². The fourth-order valence-electron chi connectivity index (χ4n) is 1.21. The largest absolute Gasteiger partial charge is 0.384 e. The predicted molar refractivity (Wildman–Crippen MR) is 61.5 cm³/mol. The van der Waals surface area contributed by atoms with E-state index in [0.29, 0.717) is 11.8 Å². The fraction of sp³-hybridized carbons (Fsp3) is 0.455. The topological polar surface area (TPSA) is 35.2 Å². The highest BCUT2D eigenvalue weighted by Crippen LogP contribution is 2.23. The smallest absolute Gasteiger partial charge is 0.0582 e. The molecule has 0 saturated heterocycles. The lowest BCUT2D eigenvalue weighted by Gasteiger charge is -2.09. The first-order chi connectivity index (χ1) is 6.76. The molecule has 0 radical (unpaired) electrons. The van der Waals surface area contributed by atoms with E-state index in [1.807, 2.05) is 11.8 Å². The molecule has 14 heavy (non-hydrogen) atoms. The van der Waals surface area contributed by atoms with Crippen LogP contribution in [0.2, 0.25) is 0 Å². The first kappa shape index (κ1) is 11.6. The van der Waals surface area contributed by atoms with Gasteiger partial charge in [-0.3, -0.25) is 0 Å². The summed E-state index contributed by atoms with van der Waals surface area (Å²) in [5, 5.41) is 0.490. The number of ether oxygens (including phenoxy) is 1. The molecule has 0 amide bonds. The van der Waals surface area contributed by atoms with Crippen molar-refractivity contribution in [3.8, 4) is 0 Å². The summed E-state index contributed by atoms with van der Waals surface area (Å²) in [6, 6.07) is 8.36. The average Bonchev–Trinajstić information content (AvgIpc) is 2.19. The second-order valence-corrected chi connectivity index (χ2v) is 4.74. The van der Waals surface area contributed by atoms with Gasteiger partial charge in [0.25, 0.3) is 0 Å². The molecule has 0 spiro atoms. The van der Waals surface area contributed by atoms with Crippen LogP contribution in [0.1, 0.15) is 12.5 Å². The summed E-state index contributed by atoms with van der Waals surface area (Å²) in [6.07, 6.45) is 0. The SMILES string of the molecule is COCC(C)Sc1ccc(CN)cc1. The van der Waals surface area contributed by atoms with Crippen LogP contribution < -0.4 is 5.73 Å². The third-order valence-electron chi connectivity index (χ3n) is 1.90. The minimum atomic E-state index is 0.490. The molecule has 1 aromatic rings. The molecule has 1 unspecified atom stereocenters. The maximum Gasteiger partial charge on any atom is 0.0582 e. The summed E-state index contributed by atoms with van der Waals surface area (Å²) in [5.41, 5.74) is 6.70. The Balaban J connectivity index is 2.50. The van der Waals surface area contributed by atoms with Crippen LogP contribution in [0.3, 0.4) is 0 Å². The first-order valence-electron chi connectivity index (χ1n) is 4.71. The zero-order chi connectivity index (χ0) is 10.4. The van der Waals surface area contributed by atoms with E-state index in [0.717, 1.165) is 6.61 Å². The van der Waals surface area contributed by atoms with E-state index in [2.05, 4.69) is 31.2 Å². The minimum absolute atomic E-state index is 0.490. The Morgan fingerprint density at radius 2 is 2.00 bits per heavy atom. The van der Waals surface area contributed by atoms with Gasteiger partial charge >= 0.3 is 0 Å². The Kier molecular flexibility index (Phi) is 5.01. The van der Waals surface area contributed by atoms with Crippen LogP contribution >= 0.6 is 11.8 Å². The number of hydrogen-bond acceptors (Lipinski definition) is 3. The van der Waals surface area contributed by atoms with Gasteiger partial charge in [-0.1, -0.05) is 19.1 Å². The van der Waals surface area contributed by atoms with Crippen LogP contribution in [-0.2, 0) is 11.3 Å². The molecule has 0 aliphatic rings. The van der Waals surface area contributed by atoms with Crippen molar-refractivity contribution in [1.82, 2.24) is 0 Å². The molecule has 2 nitrogen and oxygen atoms in total. The van der Waals surface area contributed by atoms with Crippen LogP contribution in [0.5, 0.6) is 0 Å². The molecule has 3 heteroatoms. The Morgan fingerprint density at radius 1 is 1.36 bits per heavy atom. The maximum absolute atomic E-state index is 5.52. The monoisotopic (exact) mass is 211 g/mol. The molecule has 2 N–H and O–H groups in total. The second kappa shape index (κ2) is 6.06. The fourth-order valence-corrected chi connectivity index (χ4v) is 2.17. The van der Waals surface area contributed by atoms with Crippen LogP contribution in [-0.4, -0.2) is 19.0 Å². The molecule has 0 aliphatic carbocycles. The Hall–Kier alpha value is -0.510. The van der Waals surface area contributed by atoms with E-state index in [4.69, 9.17) is 10.5 Å². The lowest BCUT2D eigenvalue weighted by Crippen LogP contribution is -2.04. The summed E-state index contributed by atoms with van der Waals surface area (Å²) < 4.78 is 5.08. The van der Waals surface area contributed by atoms with Crippen molar-refractivity contribution in [2.45, 2.75) is 23.6 Å². The highest BCUT2D eigenvalue weighted by molar-refractivity contribution is 8.00. The van der Waals surface area contributed by atoms with E-state index in [1.54, 1.807) is 7.11 Å². The third-order valence-corrected chi connectivity index (χ3v) is 2.98. The average molecular weight is 211 g/mol. The quantitative estimate of drug-likeness (QED) is 0.759. The Labute approximate surface area is 89.8 Å². The number of benzene rings is 1. The lowest BCUT2D eigenvalue weighted by molar-refractivity contribution is 0.203. The number of thioether (sulfide) groups is 1. The molecule has 0 saturated carbocycles. The number of hydrogen-bond donors (Lipinski definition) is 1. The van der Waals surface area contributed by atoms with Crippen molar-refractivity contribution < 1.29 is 4.74 Å². The van der Waals surface area contributed by atoms with Crippen molar-refractivity contribution >= 4 is 11.8 Å². The first-order valence-corrected chi connectivity index (χ1v) is 5.59. The van der Waals surface area contributed by atoms with Crippen molar-refractivity contribution in [3.63, 3.8) is 0 Å². The summed E-state index contributed by atoms with van der Waals surface area (Å²) in [7, 11) is 1.73. The number of nitrogens with two attached hydrogens (primary N) is 1. The molecule has 1 aromatic carbocycles. The van der Waals surface area contributed by atoms with E-state index in [1.165, 1.54) is 10.5 Å². The van der Waals surface area contributed by atoms with Gasteiger partial charge in [-0.25, -0.2) is 0 Å². The van der Waals surface area contributed by atoms with Crippen molar-refractivity contribution in [3.05, 3.63) is 29.8 Å². The Bertz CT molecular complexity index is 260. The maximum atomic E-state index is 5.52. The van der Waals surface area contributed by atoms with Gasteiger partial charge < -0.3 is 10.5 Å². The van der Waals surface area contributed by atoms with E-state index >= 15 is 0 Å². The zero-order valence-electron chi connectivity index (χ0n) is 8.69. The summed E-state index contributed by atoms with van der Waals surface area (Å²) in [5.74, 6) is 0. The molecule has 0 aromatic heterocycles. The molecular formula is C11H17NOS. The van der Waals surface area contributed by atoms with Crippen LogP contribution in [0.4, 0.5) is 0 Å². The molecule has 78 valence electrons. The number of methoxy groups -OCH3 is 1. The number of rotatable bonds is 5. The summed E-state index contributed by atoms with van der Waals surface area (Å²) in [4.78, 5) is 1.27. The van der Waals surface area contributed by atoms with Gasteiger partial charge in [0.15, 0.2) is 0 Å². The Morgan fingerprint density at radius 3 is 2.50 bits per heavy atom. The van der Waals surface area contributed by atoms with Crippen molar-refractivity contribution in [2.75, 3.05) is 13.7 Å². The van der Waals surface area contributed by atoms with Gasteiger partial charge in [0, 0.05) is 23.8 Å². The second-order valence-electron chi connectivity index (χ2n) is 3.23. The minimum Gasteiger partial charge on any atom is -0.384 e. The standard InChI is InChI=1S/C11H17NOS/c1-9(8-13-2)14-11-5-3-10(7-12)4-6-11/h3-6,9H,7-8,12H2,1-2H3. The van der Waals surface area contributed by atoms with Gasteiger partial charge in [-0.05, 0) is 17.7 Å². The van der Waals surface area contributed by atoms with Gasteiger partial charge in [-0.15, -0.1) is 11.8 Å². The molecule has 0 bridgehead atoms. The summed E-state index contributed by atoms with van der Waals surface area (Å²) in [6.45, 7) is 3.55. The van der Waals surface area contributed by atoms with Gasteiger partial charge in [0.1, 0.15) is 0 Å². The molecule has 1 rings (SSSR count). The van der Waals surface area contributed by atoms with E-state index in [-0.39, 0.29) is 0 Å². The van der Waals surface area contributed by atoms with Gasteiger partial charge in [0.05, 0.1) is 6.61 Å². The van der Waals surface area contributed by atoms with E-state index in [9.17, 15) is 0 Å². The molecule has 0 heterocycles. The lowest BCUT2D eigenvalue weighted by atomic mass is 10.2. The summed E-state index contributed by atoms with van der Waals surface area (Å²) >= 11 is 1.82. The zero-order valence-corrected chi connectivity index (χ0v) is 9.51. The highest BCUT2D eigenvalue weighted by Gasteiger charge is 2.03. The molecular weight excluding hydrogens is 194 g/mol.